The Morgan fingerprint density at radius 1 is 1.56 bits per heavy atom. The van der Waals surface area contributed by atoms with Crippen LogP contribution in [0.3, 0.4) is 0 Å². The number of alkyl halides is 3. The smallest absolute Gasteiger partial charge is 0.346 e. The van der Waals surface area contributed by atoms with E-state index in [4.69, 9.17) is 0 Å². The Balaban J connectivity index is 0.00000289. The van der Waals surface area contributed by atoms with E-state index in [0.29, 0.717) is 13.1 Å². The van der Waals surface area contributed by atoms with Gasteiger partial charge in [-0.1, -0.05) is 0 Å². The Labute approximate surface area is 111 Å². The zero-order chi connectivity index (χ0) is 13.1. The van der Waals surface area contributed by atoms with E-state index in [-0.39, 0.29) is 18.4 Å². The molecule has 2 N–H and O–H groups in total. The van der Waals surface area contributed by atoms with E-state index in [2.05, 4.69) is 5.32 Å². The van der Waals surface area contributed by atoms with Crippen LogP contribution in [0.1, 0.15) is 13.8 Å². The first-order valence-electron chi connectivity index (χ1n) is 5.61. The lowest BCUT2D eigenvalue weighted by molar-refractivity contribution is -0.141. The summed E-state index contributed by atoms with van der Waals surface area (Å²) in [7, 11) is 0. The predicted octanol–water partition coefficient (Wildman–Crippen LogP) is 0.769. The summed E-state index contributed by atoms with van der Waals surface area (Å²) in [5.41, 5.74) is 0. The Morgan fingerprint density at radius 3 is 2.67 bits per heavy atom. The molecule has 1 rings (SSSR count). The number of nitrogens with one attached hydrogen (secondary N) is 2. The van der Waals surface area contributed by atoms with Crippen molar-refractivity contribution in [3.8, 4) is 0 Å². The molecule has 2 atom stereocenters. The molecular weight excluding hydrogens is 271 g/mol. The van der Waals surface area contributed by atoms with E-state index in [1.54, 1.807) is 6.92 Å². The minimum Gasteiger partial charge on any atom is -0.346 e. The molecule has 1 fully saturated rings. The molecule has 8 heteroatoms. The van der Waals surface area contributed by atoms with Crippen molar-refractivity contribution in [1.82, 2.24) is 15.5 Å². The second kappa shape index (κ2) is 7.16. The molecule has 4 nitrogen and oxygen atoms in total. The van der Waals surface area contributed by atoms with Crippen molar-refractivity contribution < 1.29 is 18.0 Å². The molecule has 0 saturated carbocycles. The van der Waals surface area contributed by atoms with Gasteiger partial charge < -0.3 is 10.6 Å². The number of nitrogens with zero attached hydrogens (tertiary/aromatic N) is 1. The minimum atomic E-state index is -4.36. The van der Waals surface area contributed by atoms with Gasteiger partial charge in [-0.25, -0.2) is 0 Å². The molecule has 18 heavy (non-hydrogen) atoms. The number of carbonyl (C=O) groups is 1. The third-order valence-corrected chi connectivity index (χ3v) is 2.79. The summed E-state index contributed by atoms with van der Waals surface area (Å²) in [6.45, 7) is 4.43. The molecule has 1 aliphatic heterocycles. The average Bonchev–Trinajstić information content (AvgIpc) is 2.24. The summed E-state index contributed by atoms with van der Waals surface area (Å²) in [5.74, 6) is -0.573. The van der Waals surface area contributed by atoms with Crippen molar-refractivity contribution in [2.24, 2.45) is 0 Å². The van der Waals surface area contributed by atoms with Crippen molar-refractivity contribution in [2.45, 2.75) is 32.1 Å². The zero-order valence-electron chi connectivity index (χ0n) is 10.4. The van der Waals surface area contributed by atoms with Gasteiger partial charge in [0.05, 0.1) is 6.04 Å². The van der Waals surface area contributed by atoms with E-state index in [0.717, 1.165) is 6.54 Å². The first kappa shape index (κ1) is 17.5. The van der Waals surface area contributed by atoms with E-state index < -0.39 is 24.7 Å². The van der Waals surface area contributed by atoms with Crippen LogP contribution in [0, 0.1) is 0 Å². The van der Waals surface area contributed by atoms with Crippen molar-refractivity contribution in [1.29, 1.82) is 0 Å². The molecule has 0 bridgehead atoms. The molecule has 0 aromatic carbocycles. The standard InChI is InChI=1S/C10H18F3N3O.ClH/c1-7-5-16(4-3-14-7)8(2)9(17)15-6-10(11,12)13;/h7-8,14H,3-6H2,1-2H3,(H,15,17);1H. The average molecular weight is 290 g/mol. The topological polar surface area (TPSA) is 44.4 Å². The number of carbonyl (C=O) groups excluding carboxylic acids is 1. The lowest BCUT2D eigenvalue weighted by atomic mass is 10.1. The molecule has 0 spiro atoms. The normalized spacial score (nSPS) is 23.1. The number of rotatable bonds is 3. The molecule has 0 aromatic heterocycles. The van der Waals surface area contributed by atoms with Gasteiger partial charge >= 0.3 is 6.18 Å². The molecular formula is C10H19ClF3N3O. The monoisotopic (exact) mass is 289 g/mol. The largest absolute Gasteiger partial charge is 0.405 e. The molecule has 108 valence electrons. The van der Waals surface area contributed by atoms with Gasteiger partial charge in [-0.2, -0.15) is 13.2 Å². The maximum atomic E-state index is 11.9. The highest BCUT2D eigenvalue weighted by Gasteiger charge is 2.30. The molecule has 1 saturated heterocycles. The number of halogens is 4. The third-order valence-electron chi connectivity index (χ3n) is 2.79. The van der Waals surface area contributed by atoms with Gasteiger partial charge in [0.25, 0.3) is 0 Å². The fraction of sp³-hybridized carbons (Fsp3) is 0.900. The van der Waals surface area contributed by atoms with Crippen molar-refractivity contribution in [2.75, 3.05) is 26.2 Å². The molecule has 0 aliphatic carbocycles. The maximum Gasteiger partial charge on any atom is 0.405 e. The summed E-state index contributed by atoms with van der Waals surface area (Å²) in [5, 5.41) is 5.12. The Bertz CT molecular complexity index is 276. The van der Waals surface area contributed by atoms with Gasteiger partial charge in [0.15, 0.2) is 0 Å². The number of amides is 1. The molecule has 2 unspecified atom stereocenters. The first-order valence-corrected chi connectivity index (χ1v) is 5.61. The van der Waals surface area contributed by atoms with Gasteiger partial charge in [0, 0.05) is 25.7 Å². The fourth-order valence-corrected chi connectivity index (χ4v) is 1.81. The first-order chi connectivity index (χ1) is 7.79. The van der Waals surface area contributed by atoms with E-state index in [1.807, 2.05) is 17.1 Å². The highest BCUT2D eigenvalue weighted by atomic mass is 35.5. The quantitative estimate of drug-likeness (QED) is 0.807. The van der Waals surface area contributed by atoms with Crippen LogP contribution >= 0.6 is 12.4 Å². The summed E-state index contributed by atoms with van der Waals surface area (Å²) >= 11 is 0. The van der Waals surface area contributed by atoms with Crippen molar-refractivity contribution in [3.05, 3.63) is 0 Å². The lowest BCUT2D eigenvalue weighted by Crippen LogP contribution is -2.56. The van der Waals surface area contributed by atoms with Gasteiger partial charge in [-0.05, 0) is 13.8 Å². The Hall–Kier alpha value is -0.530. The summed E-state index contributed by atoms with van der Waals surface area (Å²) in [6.07, 6.45) is -4.36. The summed E-state index contributed by atoms with van der Waals surface area (Å²) in [4.78, 5) is 13.4. The molecule has 1 aliphatic rings. The van der Waals surface area contributed by atoms with Crippen LogP contribution in [0.15, 0.2) is 0 Å². The van der Waals surface area contributed by atoms with Crippen LogP contribution in [0.5, 0.6) is 0 Å². The zero-order valence-corrected chi connectivity index (χ0v) is 11.2. The van der Waals surface area contributed by atoms with Crippen molar-refractivity contribution >= 4 is 18.3 Å². The van der Waals surface area contributed by atoms with E-state index in [1.165, 1.54) is 0 Å². The van der Waals surface area contributed by atoms with Crippen molar-refractivity contribution in [3.63, 3.8) is 0 Å². The highest BCUT2D eigenvalue weighted by molar-refractivity contribution is 5.85. The number of piperazine rings is 1. The number of hydrogen-bond acceptors (Lipinski definition) is 3. The van der Waals surface area contributed by atoms with Crippen LogP contribution in [0.25, 0.3) is 0 Å². The molecule has 0 aromatic rings. The van der Waals surface area contributed by atoms with E-state index >= 15 is 0 Å². The SMILES string of the molecule is CC1CN(C(C)C(=O)NCC(F)(F)F)CCN1.Cl. The Kier molecular flexibility index (Phi) is 6.94. The lowest BCUT2D eigenvalue weighted by Gasteiger charge is -2.35. The molecule has 1 amide bonds. The second-order valence-corrected chi connectivity index (χ2v) is 4.36. The third kappa shape index (κ3) is 5.88. The van der Waals surface area contributed by atoms with Gasteiger partial charge in [0.1, 0.15) is 6.54 Å². The fourth-order valence-electron chi connectivity index (χ4n) is 1.81. The molecule has 1 heterocycles. The Morgan fingerprint density at radius 2 is 2.17 bits per heavy atom. The summed E-state index contributed by atoms with van der Waals surface area (Å²) < 4.78 is 35.8. The highest BCUT2D eigenvalue weighted by Crippen LogP contribution is 2.12. The van der Waals surface area contributed by atoms with Crippen LogP contribution in [0.2, 0.25) is 0 Å². The second-order valence-electron chi connectivity index (χ2n) is 4.36. The van der Waals surface area contributed by atoms with Crippen LogP contribution < -0.4 is 10.6 Å². The van der Waals surface area contributed by atoms with Crippen LogP contribution in [-0.4, -0.2) is 55.2 Å². The van der Waals surface area contributed by atoms with Crippen LogP contribution in [-0.2, 0) is 4.79 Å². The summed E-state index contributed by atoms with van der Waals surface area (Å²) in [6, 6.07) is -0.275. The van der Waals surface area contributed by atoms with Gasteiger partial charge in [-0.3, -0.25) is 9.69 Å². The van der Waals surface area contributed by atoms with Crippen LogP contribution in [0.4, 0.5) is 13.2 Å². The predicted molar refractivity (Wildman–Crippen MR) is 64.8 cm³/mol. The maximum absolute atomic E-state index is 11.9. The van der Waals surface area contributed by atoms with E-state index in [9.17, 15) is 18.0 Å². The minimum absolute atomic E-state index is 0. The number of hydrogen-bond donors (Lipinski definition) is 2. The molecule has 0 radical (unpaired) electrons. The van der Waals surface area contributed by atoms with Gasteiger partial charge in [0.2, 0.25) is 5.91 Å². The van der Waals surface area contributed by atoms with Gasteiger partial charge in [-0.15, -0.1) is 12.4 Å².